The monoisotopic (exact) mass is 301 g/mol. The predicted octanol–water partition coefficient (Wildman–Crippen LogP) is 4.90. The van der Waals surface area contributed by atoms with E-state index >= 15 is 0 Å². The Kier molecular flexibility index (Phi) is 5.04. The van der Waals surface area contributed by atoms with Crippen molar-refractivity contribution in [2.45, 2.75) is 19.8 Å². The Hall–Kier alpha value is -2.49. The van der Waals surface area contributed by atoms with Crippen molar-refractivity contribution in [1.82, 2.24) is 0 Å². The molecule has 0 saturated carbocycles. The van der Waals surface area contributed by atoms with Crippen molar-refractivity contribution < 1.29 is 13.6 Å². The number of allylic oxidation sites excluding steroid dienone is 1. The number of hydrogen-bond donors (Lipinski definition) is 1. The van der Waals surface area contributed by atoms with Gasteiger partial charge in [-0.1, -0.05) is 38.1 Å². The molecule has 0 fully saturated rings. The first-order chi connectivity index (χ1) is 10.5. The second-order valence-corrected chi connectivity index (χ2v) is 5.28. The van der Waals surface area contributed by atoms with Gasteiger partial charge >= 0.3 is 0 Å². The zero-order valence-electron chi connectivity index (χ0n) is 12.4. The number of nitrogens with one attached hydrogen (secondary N) is 1. The molecule has 0 radical (unpaired) electrons. The van der Waals surface area contributed by atoms with E-state index in [0.717, 1.165) is 23.8 Å². The molecule has 0 unspecified atom stereocenters. The topological polar surface area (TPSA) is 29.1 Å². The van der Waals surface area contributed by atoms with E-state index < -0.39 is 11.6 Å². The van der Waals surface area contributed by atoms with Crippen molar-refractivity contribution in [2.75, 3.05) is 5.32 Å². The second kappa shape index (κ2) is 6.98. The zero-order valence-corrected chi connectivity index (χ0v) is 12.4. The Morgan fingerprint density at radius 2 is 1.64 bits per heavy atom. The number of ketones is 1. The largest absolute Gasteiger partial charge is 0.361 e. The molecule has 0 spiro atoms. The lowest BCUT2D eigenvalue weighted by atomic mass is 10.0. The van der Waals surface area contributed by atoms with E-state index in [9.17, 15) is 13.6 Å². The van der Waals surface area contributed by atoms with Crippen molar-refractivity contribution in [3.8, 4) is 0 Å². The minimum atomic E-state index is -0.675. The van der Waals surface area contributed by atoms with Gasteiger partial charge in [0, 0.05) is 29.6 Å². The van der Waals surface area contributed by atoms with Crippen LogP contribution in [0.4, 0.5) is 14.5 Å². The molecule has 0 heterocycles. The Morgan fingerprint density at radius 3 is 2.18 bits per heavy atom. The second-order valence-electron chi connectivity index (χ2n) is 5.28. The summed E-state index contributed by atoms with van der Waals surface area (Å²) in [5.41, 5.74) is 1.97. The number of carbonyl (C=O) groups is 1. The van der Waals surface area contributed by atoms with E-state index in [-0.39, 0.29) is 11.5 Å². The fourth-order valence-electron chi connectivity index (χ4n) is 1.98. The third-order valence-corrected chi connectivity index (χ3v) is 3.21. The molecule has 1 N–H and O–H groups in total. The lowest BCUT2D eigenvalue weighted by Crippen LogP contribution is -1.97. The summed E-state index contributed by atoms with van der Waals surface area (Å²) in [5.74, 6) is -1.12. The summed E-state index contributed by atoms with van der Waals surface area (Å²) >= 11 is 0. The molecule has 4 heteroatoms. The van der Waals surface area contributed by atoms with Crippen LogP contribution >= 0.6 is 0 Å². The van der Waals surface area contributed by atoms with E-state index in [2.05, 4.69) is 19.2 Å². The van der Waals surface area contributed by atoms with E-state index in [1.165, 1.54) is 12.3 Å². The van der Waals surface area contributed by atoms with Crippen molar-refractivity contribution in [2.24, 2.45) is 0 Å². The van der Waals surface area contributed by atoms with Gasteiger partial charge in [-0.2, -0.15) is 0 Å². The molecular weight excluding hydrogens is 284 g/mol. The summed E-state index contributed by atoms with van der Waals surface area (Å²) in [4.78, 5) is 12.0. The van der Waals surface area contributed by atoms with Crippen LogP contribution in [0.3, 0.4) is 0 Å². The Balaban J connectivity index is 2.01. The molecule has 2 rings (SSSR count). The Bertz CT molecular complexity index is 670. The molecule has 0 aromatic heterocycles. The van der Waals surface area contributed by atoms with Crippen LogP contribution in [0.15, 0.2) is 54.7 Å². The summed E-state index contributed by atoms with van der Waals surface area (Å²) in [5, 5.41) is 2.68. The molecular formula is C18H17F2NO. The quantitative estimate of drug-likeness (QED) is 0.629. The van der Waals surface area contributed by atoms with E-state index in [1.54, 1.807) is 12.1 Å². The van der Waals surface area contributed by atoms with Gasteiger partial charge < -0.3 is 5.32 Å². The van der Waals surface area contributed by atoms with Crippen LogP contribution in [0, 0.1) is 11.6 Å². The number of hydrogen-bond acceptors (Lipinski definition) is 2. The molecule has 22 heavy (non-hydrogen) atoms. The lowest BCUT2D eigenvalue weighted by molar-refractivity contribution is 0.104. The van der Waals surface area contributed by atoms with Crippen molar-refractivity contribution in [3.05, 3.63) is 77.5 Å². The van der Waals surface area contributed by atoms with Gasteiger partial charge in [-0.25, -0.2) is 8.78 Å². The minimum Gasteiger partial charge on any atom is -0.361 e. The van der Waals surface area contributed by atoms with Crippen LogP contribution in [-0.4, -0.2) is 5.78 Å². The third-order valence-electron chi connectivity index (χ3n) is 3.21. The molecule has 0 bridgehead atoms. The highest BCUT2D eigenvalue weighted by molar-refractivity contribution is 6.04. The van der Waals surface area contributed by atoms with Gasteiger partial charge in [0.25, 0.3) is 0 Å². The van der Waals surface area contributed by atoms with Crippen LogP contribution in [0.1, 0.15) is 35.7 Å². The van der Waals surface area contributed by atoms with Crippen molar-refractivity contribution in [3.63, 3.8) is 0 Å². The summed E-state index contributed by atoms with van der Waals surface area (Å²) < 4.78 is 26.0. The van der Waals surface area contributed by atoms with Gasteiger partial charge in [-0.15, -0.1) is 0 Å². The molecule has 2 aromatic carbocycles. The van der Waals surface area contributed by atoms with Crippen LogP contribution in [0.25, 0.3) is 0 Å². The van der Waals surface area contributed by atoms with Gasteiger partial charge in [0.05, 0.1) is 0 Å². The van der Waals surface area contributed by atoms with E-state index in [1.807, 2.05) is 12.1 Å². The molecule has 2 nitrogen and oxygen atoms in total. The standard InChI is InChI=1S/C18H17F2NO/c1-12(2)13-3-5-14(6-4-13)18(22)7-8-21-17-10-15(19)9-16(20)11-17/h3-12,21H,1-2H3. The number of anilines is 1. The molecule has 0 saturated heterocycles. The van der Waals surface area contributed by atoms with Gasteiger partial charge in [-0.05, 0) is 23.6 Å². The highest BCUT2D eigenvalue weighted by atomic mass is 19.1. The Morgan fingerprint density at radius 1 is 1.05 bits per heavy atom. The molecule has 2 aromatic rings. The zero-order chi connectivity index (χ0) is 16.1. The summed E-state index contributed by atoms with van der Waals surface area (Å²) in [6.45, 7) is 4.16. The van der Waals surface area contributed by atoms with E-state index in [0.29, 0.717) is 11.5 Å². The average Bonchev–Trinajstić information content (AvgIpc) is 2.46. The molecule has 114 valence electrons. The molecule has 0 aliphatic rings. The number of rotatable bonds is 5. The maximum absolute atomic E-state index is 13.0. The van der Waals surface area contributed by atoms with Crippen LogP contribution < -0.4 is 5.32 Å². The highest BCUT2D eigenvalue weighted by Gasteiger charge is 2.04. The van der Waals surface area contributed by atoms with Gasteiger partial charge in [-0.3, -0.25) is 4.79 Å². The molecule has 0 atom stereocenters. The number of benzene rings is 2. The third kappa shape index (κ3) is 4.25. The summed E-state index contributed by atoms with van der Waals surface area (Å²) in [7, 11) is 0. The number of halogens is 2. The van der Waals surface area contributed by atoms with Gasteiger partial charge in [0.15, 0.2) is 5.78 Å². The van der Waals surface area contributed by atoms with Gasteiger partial charge in [0.2, 0.25) is 0 Å². The first-order valence-corrected chi connectivity index (χ1v) is 6.99. The first-order valence-electron chi connectivity index (χ1n) is 6.99. The molecule has 0 amide bonds. The normalized spacial score (nSPS) is 11.1. The maximum Gasteiger partial charge on any atom is 0.187 e. The van der Waals surface area contributed by atoms with Crippen LogP contribution in [0.5, 0.6) is 0 Å². The highest BCUT2D eigenvalue weighted by Crippen LogP contribution is 2.15. The average molecular weight is 301 g/mol. The first kappa shape index (κ1) is 15.9. The molecule has 0 aliphatic heterocycles. The summed E-state index contributed by atoms with van der Waals surface area (Å²) in [6, 6.07) is 10.5. The fourth-order valence-corrected chi connectivity index (χ4v) is 1.98. The van der Waals surface area contributed by atoms with Gasteiger partial charge in [0.1, 0.15) is 11.6 Å². The molecule has 0 aliphatic carbocycles. The Labute approximate surface area is 128 Å². The van der Waals surface area contributed by atoms with Crippen LogP contribution in [0.2, 0.25) is 0 Å². The lowest BCUT2D eigenvalue weighted by Gasteiger charge is -2.05. The van der Waals surface area contributed by atoms with Crippen molar-refractivity contribution >= 4 is 11.5 Å². The fraction of sp³-hybridized carbons (Fsp3) is 0.167. The maximum atomic E-state index is 13.0. The minimum absolute atomic E-state index is 0.181. The predicted molar refractivity (Wildman–Crippen MR) is 84.0 cm³/mol. The SMILES string of the molecule is CC(C)c1ccc(C(=O)C=CNc2cc(F)cc(F)c2)cc1. The summed E-state index contributed by atoms with van der Waals surface area (Å²) in [6.07, 6.45) is 2.69. The smallest absolute Gasteiger partial charge is 0.187 e. The van der Waals surface area contributed by atoms with Crippen molar-refractivity contribution in [1.29, 1.82) is 0 Å². The van der Waals surface area contributed by atoms with E-state index in [4.69, 9.17) is 0 Å². The number of carbonyl (C=O) groups excluding carboxylic acids is 1. The van der Waals surface area contributed by atoms with Crippen LogP contribution in [-0.2, 0) is 0 Å².